The largest absolute Gasteiger partial charge is 0.452 e. The molecule has 1 aliphatic heterocycles. The third-order valence-corrected chi connectivity index (χ3v) is 4.43. The van der Waals surface area contributed by atoms with Crippen LogP contribution in [0.1, 0.15) is 25.0 Å². The third-order valence-electron chi connectivity index (χ3n) is 4.43. The molecule has 0 fully saturated rings. The number of esters is 1. The second kappa shape index (κ2) is 8.03. The van der Waals surface area contributed by atoms with E-state index in [1.807, 2.05) is 24.3 Å². The van der Waals surface area contributed by atoms with E-state index in [-0.39, 0.29) is 18.2 Å². The van der Waals surface area contributed by atoms with Gasteiger partial charge in [0.1, 0.15) is 0 Å². The van der Waals surface area contributed by atoms with Crippen LogP contribution in [-0.2, 0) is 32.0 Å². The Kier molecular flexibility index (Phi) is 5.54. The SMILES string of the molecule is CC(=O)Nc1ccc(CC(=O)O[C@@H](C)C(=O)N2CCc3ccccc32)cc1. The van der Waals surface area contributed by atoms with Crippen molar-refractivity contribution in [3.05, 3.63) is 59.7 Å². The Morgan fingerprint density at radius 2 is 1.81 bits per heavy atom. The molecule has 1 N–H and O–H groups in total. The highest BCUT2D eigenvalue weighted by atomic mass is 16.5. The van der Waals surface area contributed by atoms with Gasteiger partial charge in [0, 0.05) is 24.8 Å². The minimum absolute atomic E-state index is 0.0640. The minimum atomic E-state index is -0.845. The number of amides is 2. The van der Waals surface area contributed by atoms with Crippen LogP contribution in [0.25, 0.3) is 0 Å². The minimum Gasteiger partial charge on any atom is -0.452 e. The maximum atomic E-state index is 12.7. The molecular weight excluding hydrogens is 344 g/mol. The summed E-state index contributed by atoms with van der Waals surface area (Å²) in [6.45, 7) is 3.63. The number of fused-ring (bicyclic) bond motifs is 1. The number of ether oxygens (including phenoxy) is 1. The predicted molar refractivity (Wildman–Crippen MR) is 103 cm³/mol. The van der Waals surface area contributed by atoms with Gasteiger partial charge in [-0.15, -0.1) is 0 Å². The van der Waals surface area contributed by atoms with Gasteiger partial charge >= 0.3 is 5.97 Å². The number of nitrogens with one attached hydrogen (secondary N) is 1. The normalized spacial score (nSPS) is 13.6. The van der Waals surface area contributed by atoms with Crippen molar-refractivity contribution in [2.45, 2.75) is 32.8 Å². The van der Waals surface area contributed by atoms with Gasteiger partial charge in [0.05, 0.1) is 6.42 Å². The fourth-order valence-corrected chi connectivity index (χ4v) is 3.15. The molecule has 0 radical (unpaired) electrons. The molecule has 6 nitrogen and oxygen atoms in total. The highest BCUT2D eigenvalue weighted by molar-refractivity contribution is 5.99. The van der Waals surface area contributed by atoms with E-state index in [2.05, 4.69) is 5.32 Å². The molecule has 27 heavy (non-hydrogen) atoms. The zero-order chi connectivity index (χ0) is 19.4. The van der Waals surface area contributed by atoms with E-state index in [9.17, 15) is 14.4 Å². The summed E-state index contributed by atoms with van der Waals surface area (Å²) in [6.07, 6.45) is 0.0277. The summed E-state index contributed by atoms with van der Waals surface area (Å²) in [4.78, 5) is 37.5. The smallest absolute Gasteiger partial charge is 0.311 e. The predicted octanol–water partition coefficient (Wildman–Crippen LogP) is 2.71. The molecule has 0 bridgehead atoms. The van der Waals surface area contributed by atoms with E-state index < -0.39 is 12.1 Å². The number of para-hydroxylation sites is 1. The van der Waals surface area contributed by atoms with Crippen molar-refractivity contribution >= 4 is 29.2 Å². The molecule has 1 atom stereocenters. The molecule has 0 aliphatic carbocycles. The van der Waals surface area contributed by atoms with Crippen molar-refractivity contribution < 1.29 is 19.1 Å². The number of carbonyl (C=O) groups excluding carboxylic acids is 3. The molecule has 0 aromatic heterocycles. The molecule has 1 heterocycles. The van der Waals surface area contributed by atoms with E-state index in [0.717, 1.165) is 23.2 Å². The first-order chi connectivity index (χ1) is 12.9. The lowest BCUT2D eigenvalue weighted by atomic mass is 10.1. The lowest BCUT2D eigenvalue weighted by Gasteiger charge is -2.21. The van der Waals surface area contributed by atoms with Crippen LogP contribution in [0.5, 0.6) is 0 Å². The molecule has 2 aromatic rings. The van der Waals surface area contributed by atoms with Crippen LogP contribution >= 0.6 is 0 Å². The van der Waals surface area contributed by atoms with Crippen molar-refractivity contribution in [2.24, 2.45) is 0 Å². The lowest BCUT2D eigenvalue weighted by Crippen LogP contribution is -2.39. The van der Waals surface area contributed by atoms with Crippen molar-refractivity contribution in [3.63, 3.8) is 0 Å². The van der Waals surface area contributed by atoms with Crippen LogP contribution in [0, 0.1) is 0 Å². The van der Waals surface area contributed by atoms with Crippen molar-refractivity contribution in [3.8, 4) is 0 Å². The topological polar surface area (TPSA) is 75.7 Å². The maximum absolute atomic E-state index is 12.7. The quantitative estimate of drug-likeness (QED) is 0.826. The first-order valence-corrected chi connectivity index (χ1v) is 8.89. The highest BCUT2D eigenvalue weighted by Crippen LogP contribution is 2.28. The fraction of sp³-hybridized carbons (Fsp3) is 0.286. The van der Waals surface area contributed by atoms with E-state index in [0.29, 0.717) is 12.2 Å². The Morgan fingerprint density at radius 1 is 1.11 bits per heavy atom. The molecular formula is C21H22N2O4. The Hall–Kier alpha value is -3.15. The first kappa shape index (κ1) is 18.6. The van der Waals surface area contributed by atoms with E-state index in [1.54, 1.807) is 36.1 Å². The fourth-order valence-electron chi connectivity index (χ4n) is 3.15. The van der Waals surface area contributed by atoms with Gasteiger partial charge in [-0.25, -0.2) is 0 Å². The second-order valence-corrected chi connectivity index (χ2v) is 6.56. The number of hydrogen-bond acceptors (Lipinski definition) is 4. The Balaban J connectivity index is 1.56. The average molecular weight is 366 g/mol. The standard InChI is InChI=1S/C21H22N2O4/c1-14(21(26)23-12-11-17-5-3-4-6-19(17)23)27-20(25)13-16-7-9-18(10-8-16)22-15(2)24/h3-10,14H,11-13H2,1-2H3,(H,22,24)/t14-/m0/s1. The van der Waals surface area contributed by atoms with Crippen LogP contribution < -0.4 is 10.2 Å². The van der Waals surface area contributed by atoms with Crippen molar-refractivity contribution in [1.29, 1.82) is 0 Å². The first-order valence-electron chi connectivity index (χ1n) is 8.89. The number of hydrogen-bond donors (Lipinski definition) is 1. The molecule has 6 heteroatoms. The van der Waals surface area contributed by atoms with Crippen LogP contribution in [-0.4, -0.2) is 30.4 Å². The van der Waals surface area contributed by atoms with E-state index >= 15 is 0 Å². The number of benzene rings is 2. The van der Waals surface area contributed by atoms with Crippen LogP contribution in [0.3, 0.4) is 0 Å². The van der Waals surface area contributed by atoms with Crippen LogP contribution in [0.15, 0.2) is 48.5 Å². The molecule has 3 rings (SSSR count). The summed E-state index contributed by atoms with van der Waals surface area (Å²) in [5.41, 5.74) is 3.43. The summed E-state index contributed by atoms with van der Waals surface area (Å²) < 4.78 is 5.34. The van der Waals surface area contributed by atoms with Gasteiger partial charge in [-0.05, 0) is 42.7 Å². The monoisotopic (exact) mass is 366 g/mol. The van der Waals surface area contributed by atoms with Gasteiger partial charge in [-0.3, -0.25) is 14.4 Å². The lowest BCUT2D eigenvalue weighted by molar-refractivity contribution is -0.153. The second-order valence-electron chi connectivity index (χ2n) is 6.56. The Labute approximate surface area is 158 Å². The van der Waals surface area contributed by atoms with Crippen LogP contribution in [0.4, 0.5) is 11.4 Å². The molecule has 0 saturated heterocycles. The van der Waals surface area contributed by atoms with E-state index in [4.69, 9.17) is 4.74 Å². The number of carbonyl (C=O) groups is 3. The molecule has 0 unspecified atom stereocenters. The molecule has 1 aliphatic rings. The van der Waals surface area contributed by atoms with Crippen molar-refractivity contribution in [2.75, 3.05) is 16.8 Å². The highest BCUT2D eigenvalue weighted by Gasteiger charge is 2.29. The third kappa shape index (κ3) is 4.53. The Morgan fingerprint density at radius 3 is 2.52 bits per heavy atom. The zero-order valence-electron chi connectivity index (χ0n) is 15.4. The summed E-state index contributed by atoms with van der Waals surface area (Å²) in [5, 5.41) is 2.67. The Bertz CT molecular complexity index is 861. The van der Waals surface area contributed by atoms with Gasteiger partial charge in [0.2, 0.25) is 5.91 Å². The zero-order valence-corrected chi connectivity index (χ0v) is 15.4. The molecule has 2 amide bonds. The summed E-state index contributed by atoms with van der Waals surface area (Å²) in [7, 11) is 0. The number of rotatable bonds is 5. The summed E-state index contributed by atoms with van der Waals surface area (Å²) >= 11 is 0. The number of anilines is 2. The van der Waals surface area contributed by atoms with Gasteiger partial charge in [-0.2, -0.15) is 0 Å². The summed E-state index contributed by atoms with van der Waals surface area (Å²) in [5.74, 6) is -0.831. The maximum Gasteiger partial charge on any atom is 0.311 e. The average Bonchev–Trinajstić information content (AvgIpc) is 3.06. The van der Waals surface area contributed by atoms with Gasteiger partial charge in [0.15, 0.2) is 6.10 Å². The number of nitrogens with zero attached hydrogens (tertiary/aromatic N) is 1. The molecule has 0 saturated carbocycles. The van der Waals surface area contributed by atoms with Crippen LogP contribution in [0.2, 0.25) is 0 Å². The summed E-state index contributed by atoms with van der Waals surface area (Å²) in [6, 6.07) is 14.7. The van der Waals surface area contributed by atoms with Gasteiger partial charge in [-0.1, -0.05) is 30.3 Å². The molecule has 140 valence electrons. The van der Waals surface area contributed by atoms with Crippen molar-refractivity contribution in [1.82, 2.24) is 0 Å². The van der Waals surface area contributed by atoms with E-state index in [1.165, 1.54) is 6.92 Å². The molecule has 0 spiro atoms. The molecule has 2 aromatic carbocycles. The van der Waals surface area contributed by atoms with Gasteiger partial charge < -0.3 is 15.0 Å². The van der Waals surface area contributed by atoms with Gasteiger partial charge in [0.25, 0.3) is 5.91 Å².